The van der Waals surface area contributed by atoms with E-state index in [0.29, 0.717) is 0 Å². The lowest BCUT2D eigenvalue weighted by molar-refractivity contribution is -0.133. The Morgan fingerprint density at radius 2 is 1.93 bits per heavy atom. The standard InChI is InChI=1S/C28H22ClF3N6O3.CH4/c29-21-4-2-1-3-20(21)25(26(40)36-18-11-28(31,32)12-18)37(19-10-17(30)14-34-15-19)27(41)22-5-6-24(39)38(22)23-9-16(13-33)7-8-35-23;/h1-4,7-10,14-15,18,22,25H,5-6,11-12H2,(H,36,40);1H4/t22-,25-;/m0./s1. The molecule has 2 atom stereocenters. The van der Waals surface area contributed by atoms with E-state index < -0.39 is 60.4 Å². The number of pyridine rings is 2. The van der Waals surface area contributed by atoms with Crippen LogP contribution in [0.1, 0.15) is 50.3 Å². The van der Waals surface area contributed by atoms with Crippen LogP contribution in [0.3, 0.4) is 0 Å². The average Bonchev–Trinajstić information content (AvgIpc) is 3.32. The van der Waals surface area contributed by atoms with Crippen LogP contribution >= 0.6 is 11.6 Å². The van der Waals surface area contributed by atoms with E-state index in [1.165, 1.54) is 36.7 Å². The largest absolute Gasteiger partial charge is 0.351 e. The first-order chi connectivity index (χ1) is 19.6. The molecule has 5 rings (SSSR count). The fourth-order valence-corrected chi connectivity index (χ4v) is 5.30. The van der Waals surface area contributed by atoms with Gasteiger partial charge in [-0.15, -0.1) is 0 Å². The van der Waals surface area contributed by atoms with Crippen LogP contribution in [-0.4, -0.2) is 45.7 Å². The van der Waals surface area contributed by atoms with Gasteiger partial charge in [0.05, 0.1) is 29.7 Å². The van der Waals surface area contributed by atoms with E-state index in [1.54, 1.807) is 12.1 Å². The SMILES string of the molecule is C.N#Cc1ccnc(N2C(=O)CC[C@H]2C(=O)N(c2cncc(F)c2)[C@H](C(=O)NC2CC(F)(F)C2)c2ccccc2Cl)c1. The normalized spacial score (nSPS) is 18.3. The summed E-state index contributed by atoms with van der Waals surface area (Å²) in [6.07, 6.45) is 2.25. The Bertz CT molecular complexity index is 1560. The Hall–Kier alpha value is -4.50. The van der Waals surface area contributed by atoms with E-state index in [9.17, 15) is 32.8 Å². The van der Waals surface area contributed by atoms with Crippen molar-refractivity contribution in [3.05, 3.63) is 83.0 Å². The summed E-state index contributed by atoms with van der Waals surface area (Å²) >= 11 is 6.47. The summed E-state index contributed by atoms with van der Waals surface area (Å²) in [5.41, 5.74) is 0.237. The van der Waals surface area contributed by atoms with Gasteiger partial charge in [-0.25, -0.2) is 18.2 Å². The van der Waals surface area contributed by atoms with Crippen LogP contribution in [0.2, 0.25) is 5.02 Å². The van der Waals surface area contributed by atoms with Crippen LogP contribution in [0.25, 0.3) is 0 Å². The maximum absolute atomic E-state index is 14.4. The van der Waals surface area contributed by atoms with E-state index >= 15 is 0 Å². The number of alkyl halides is 2. The second-order valence-electron chi connectivity index (χ2n) is 9.80. The molecule has 13 heteroatoms. The van der Waals surface area contributed by atoms with E-state index in [4.69, 9.17) is 11.6 Å². The molecule has 1 saturated heterocycles. The van der Waals surface area contributed by atoms with Crippen molar-refractivity contribution in [1.82, 2.24) is 15.3 Å². The molecule has 1 saturated carbocycles. The summed E-state index contributed by atoms with van der Waals surface area (Å²) in [5, 5.41) is 12.0. The zero-order valence-corrected chi connectivity index (χ0v) is 22.1. The van der Waals surface area contributed by atoms with Gasteiger partial charge in [0.2, 0.25) is 11.8 Å². The lowest BCUT2D eigenvalue weighted by Crippen LogP contribution is -2.56. The minimum absolute atomic E-state index is 0. The number of anilines is 2. The number of carbonyl (C=O) groups excluding carboxylic acids is 3. The topological polar surface area (TPSA) is 119 Å². The number of halogens is 4. The summed E-state index contributed by atoms with van der Waals surface area (Å²) in [7, 11) is 0. The van der Waals surface area contributed by atoms with Crippen LogP contribution < -0.4 is 15.1 Å². The highest BCUT2D eigenvalue weighted by Gasteiger charge is 2.48. The zero-order chi connectivity index (χ0) is 29.3. The predicted octanol–water partition coefficient (Wildman–Crippen LogP) is 4.96. The van der Waals surface area contributed by atoms with Gasteiger partial charge in [-0.2, -0.15) is 5.26 Å². The van der Waals surface area contributed by atoms with Gasteiger partial charge >= 0.3 is 0 Å². The first-order valence-corrected chi connectivity index (χ1v) is 13.0. The number of hydrogen-bond acceptors (Lipinski definition) is 6. The molecule has 42 heavy (non-hydrogen) atoms. The van der Waals surface area contributed by atoms with Crippen molar-refractivity contribution in [2.45, 2.75) is 57.2 Å². The molecule has 9 nitrogen and oxygen atoms in total. The monoisotopic (exact) mass is 598 g/mol. The molecule has 1 aromatic carbocycles. The molecule has 0 unspecified atom stereocenters. The van der Waals surface area contributed by atoms with Gasteiger partial charge in [0.1, 0.15) is 23.7 Å². The molecular weight excluding hydrogens is 573 g/mol. The number of nitrogens with zero attached hydrogens (tertiary/aromatic N) is 5. The fourth-order valence-electron chi connectivity index (χ4n) is 5.06. The molecule has 2 aliphatic rings. The first-order valence-electron chi connectivity index (χ1n) is 12.6. The van der Waals surface area contributed by atoms with Gasteiger partial charge in [-0.1, -0.05) is 37.2 Å². The van der Waals surface area contributed by atoms with Crippen LogP contribution in [-0.2, 0) is 14.4 Å². The molecule has 0 bridgehead atoms. The van der Waals surface area contributed by atoms with Crippen molar-refractivity contribution in [3.63, 3.8) is 0 Å². The number of benzene rings is 1. The molecular formula is C29H26ClF3N6O3. The van der Waals surface area contributed by atoms with E-state index in [2.05, 4.69) is 15.3 Å². The molecule has 3 aromatic rings. The van der Waals surface area contributed by atoms with Crippen LogP contribution in [0.15, 0.2) is 61.1 Å². The second kappa shape index (κ2) is 12.2. The summed E-state index contributed by atoms with van der Waals surface area (Å²) in [6.45, 7) is 0. The Balaban J connectivity index is 0.00000405. The van der Waals surface area contributed by atoms with E-state index in [-0.39, 0.29) is 47.9 Å². The molecule has 218 valence electrons. The summed E-state index contributed by atoms with van der Waals surface area (Å²) in [6, 6.07) is 8.32. The number of nitriles is 1. The highest BCUT2D eigenvalue weighted by molar-refractivity contribution is 6.31. The maximum Gasteiger partial charge on any atom is 0.252 e. The van der Waals surface area contributed by atoms with Gasteiger partial charge in [0, 0.05) is 48.2 Å². The van der Waals surface area contributed by atoms with Crippen molar-refractivity contribution in [2.75, 3.05) is 9.80 Å². The lowest BCUT2D eigenvalue weighted by Gasteiger charge is -2.39. The minimum atomic E-state index is -2.92. The highest BCUT2D eigenvalue weighted by atomic mass is 35.5. The van der Waals surface area contributed by atoms with E-state index in [1.807, 2.05) is 6.07 Å². The Labute approximate surface area is 244 Å². The Morgan fingerprint density at radius 3 is 2.60 bits per heavy atom. The van der Waals surface area contributed by atoms with Crippen molar-refractivity contribution < 1.29 is 27.6 Å². The summed E-state index contributed by atoms with van der Waals surface area (Å²) in [4.78, 5) is 51.2. The molecule has 0 radical (unpaired) electrons. The highest BCUT2D eigenvalue weighted by Crippen LogP contribution is 2.39. The molecule has 2 aromatic heterocycles. The smallest absolute Gasteiger partial charge is 0.252 e. The van der Waals surface area contributed by atoms with Crippen LogP contribution in [0.5, 0.6) is 0 Å². The number of nitrogens with one attached hydrogen (secondary N) is 1. The third-order valence-electron chi connectivity index (χ3n) is 6.97. The molecule has 3 amide bonds. The Morgan fingerprint density at radius 1 is 1.19 bits per heavy atom. The van der Waals surface area contributed by atoms with Crippen molar-refractivity contribution >= 4 is 40.8 Å². The predicted molar refractivity (Wildman–Crippen MR) is 148 cm³/mol. The van der Waals surface area contributed by atoms with E-state index in [0.717, 1.165) is 22.1 Å². The van der Waals surface area contributed by atoms with Crippen molar-refractivity contribution in [3.8, 4) is 6.07 Å². The third kappa shape index (κ3) is 6.06. The van der Waals surface area contributed by atoms with Gasteiger partial charge < -0.3 is 5.32 Å². The molecule has 1 aliphatic carbocycles. The average molecular weight is 599 g/mol. The molecule has 2 fully saturated rings. The van der Waals surface area contributed by atoms with Gasteiger partial charge in [-0.3, -0.25) is 29.2 Å². The fraction of sp³-hybridized carbons (Fsp3) is 0.310. The maximum atomic E-state index is 14.4. The number of rotatable bonds is 7. The number of hydrogen-bond donors (Lipinski definition) is 1. The molecule has 1 N–H and O–H groups in total. The van der Waals surface area contributed by atoms with Crippen molar-refractivity contribution in [1.29, 1.82) is 5.26 Å². The lowest BCUT2D eigenvalue weighted by atomic mass is 9.87. The summed E-state index contributed by atoms with van der Waals surface area (Å²) < 4.78 is 41.6. The number of carbonyl (C=O) groups is 3. The second-order valence-corrected chi connectivity index (χ2v) is 10.2. The van der Waals surface area contributed by atoms with Gasteiger partial charge in [-0.05, 0) is 24.6 Å². The van der Waals surface area contributed by atoms with Crippen molar-refractivity contribution in [2.24, 2.45) is 0 Å². The summed E-state index contributed by atoms with van der Waals surface area (Å²) in [5.74, 6) is -5.73. The van der Waals surface area contributed by atoms with Crippen LogP contribution in [0.4, 0.5) is 24.7 Å². The Kier molecular flexibility index (Phi) is 8.82. The van der Waals surface area contributed by atoms with Gasteiger partial charge in [0.25, 0.3) is 11.8 Å². The molecule has 1 aliphatic heterocycles. The zero-order valence-electron chi connectivity index (χ0n) is 21.3. The number of amides is 3. The first kappa shape index (κ1) is 30.5. The third-order valence-corrected chi connectivity index (χ3v) is 7.31. The molecule has 0 spiro atoms. The minimum Gasteiger partial charge on any atom is -0.351 e. The molecule has 3 heterocycles. The quantitative estimate of drug-likeness (QED) is 0.411. The van der Waals surface area contributed by atoms with Crippen LogP contribution in [0, 0.1) is 17.1 Å². The van der Waals surface area contributed by atoms with Gasteiger partial charge in [0.15, 0.2) is 0 Å². The number of aromatic nitrogens is 2.